The number of aromatic nitrogens is 3. The number of carbonyl (C=O) groups is 1. The van der Waals surface area contributed by atoms with Gasteiger partial charge in [-0.1, -0.05) is 24.3 Å². The van der Waals surface area contributed by atoms with Gasteiger partial charge in [-0.25, -0.2) is 14.4 Å². The van der Waals surface area contributed by atoms with Gasteiger partial charge in [-0.05, 0) is 50.1 Å². The third-order valence-electron chi connectivity index (χ3n) is 4.95. The number of hydrogen-bond donors (Lipinski definition) is 2. The molecule has 0 aliphatic rings. The second kappa shape index (κ2) is 9.74. The van der Waals surface area contributed by atoms with Gasteiger partial charge in [0.25, 0.3) is 5.91 Å². The summed E-state index contributed by atoms with van der Waals surface area (Å²) in [5, 5.41) is 7.29. The summed E-state index contributed by atoms with van der Waals surface area (Å²) in [7, 11) is 0. The topological polar surface area (TPSA) is 107 Å². The van der Waals surface area contributed by atoms with Gasteiger partial charge < -0.3 is 15.8 Å². The molecule has 1 amide bonds. The van der Waals surface area contributed by atoms with E-state index in [1.807, 2.05) is 38.1 Å². The molecule has 2 aromatic heterocycles. The fourth-order valence-electron chi connectivity index (χ4n) is 3.34. The number of rotatable bonds is 8. The predicted molar refractivity (Wildman–Crippen MR) is 127 cm³/mol. The third kappa shape index (κ3) is 4.98. The van der Waals surface area contributed by atoms with Crippen molar-refractivity contribution in [1.29, 1.82) is 0 Å². The highest BCUT2D eigenvalue weighted by Gasteiger charge is 2.23. The number of carbonyl (C=O) groups excluding carboxylic acids is 1. The molecular formula is C24H25FN6O2. The van der Waals surface area contributed by atoms with Crippen molar-refractivity contribution in [2.24, 2.45) is 5.10 Å². The van der Waals surface area contributed by atoms with E-state index >= 15 is 0 Å². The maximum absolute atomic E-state index is 13.2. The molecule has 0 unspecified atom stereocenters. The van der Waals surface area contributed by atoms with Crippen LogP contribution in [0.5, 0.6) is 0 Å². The van der Waals surface area contributed by atoms with Gasteiger partial charge >= 0.3 is 0 Å². The smallest absolute Gasteiger partial charge is 0.257 e. The molecule has 2 aromatic carbocycles. The van der Waals surface area contributed by atoms with E-state index in [2.05, 4.69) is 20.4 Å². The number of ether oxygens (including phenoxy) is 1. The van der Waals surface area contributed by atoms with Crippen molar-refractivity contribution in [3.05, 3.63) is 65.5 Å². The molecule has 9 heteroatoms. The molecule has 0 atom stereocenters. The van der Waals surface area contributed by atoms with Crippen LogP contribution in [-0.4, -0.2) is 46.0 Å². The average molecular weight is 449 g/mol. The van der Waals surface area contributed by atoms with Crippen molar-refractivity contribution in [3.63, 3.8) is 0 Å². The Morgan fingerprint density at radius 3 is 2.58 bits per heavy atom. The molecule has 0 saturated heterocycles. The first-order valence-corrected chi connectivity index (χ1v) is 10.7. The summed E-state index contributed by atoms with van der Waals surface area (Å²) >= 11 is 0. The van der Waals surface area contributed by atoms with E-state index in [9.17, 15) is 9.18 Å². The molecule has 2 heterocycles. The maximum atomic E-state index is 13.2. The van der Waals surface area contributed by atoms with E-state index < -0.39 is 0 Å². The molecule has 0 bridgehead atoms. The fraction of sp³-hybridized carbons (Fsp3) is 0.250. The lowest BCUT2D eigenvalue weighted by Crippen LogP contribution is -2.26. The average Bonchev–Trinajstić information content (AvgIpc) is 3.06. The molecule has 0 radical (unpaired) electrons. The van der Waals surface area contributed by atoms with E-state index in [1.165, 1.54) is 23.0 Å². The highest BCUT2D eigenvalue weighted by atomic mass is 19.1. The predicted octanol–water partition coefficient (Wildman–Crippen LogP) is 3.73. The van der Waals surface area contributed by atoms with Crippen molar-refractivity contribution < 1.29 is 13.9 Å². The Kier molecular flexibility index (Phi) is 6.60. The van der Waals surface area contributed by atoms with Crippen molar-refractivity contribution >= 4 is 40.1 Å². The van der Waals surface area contributed by atoms with E-state index in [1.54, 1.807) is 12.1 Å². The number of halogens is 1. The van der Waals surface area contributed by atoms with Crippen LogP contribution in [0.4, 0.5) is 10.2 Å². The zero-order chi connectivity index (χ0) is 23.4. The first-order valence-electron chi connectivity index (χ1n) is 10.7. The lowest BCUT2D eigenvalue weighted by Gasteiger charge is -2.08. The van der Waals surface area contributed by atoms with Crippen LogP contribution >= 0.6 is 0 Å². The zero-order valence-corrected chi connectivity index (χ0v) is 18.5. The molecule has 170 valence electrons. The molecule has 33 heavy (non-hydrogen) atoms. The standard InChI is InChI=1S/C24H25FN6O2/c1-15(2)33-13-5-12-27-24(32)20-21-23(30-19-7-4-3-6-18(19)29-21)31(22(20)26)28-14-16-8-10-17(25)11-9-16/h3-4,6-11,14-15H,5,12-13,26H2,1-2H3,(H,27,32)/b28-14-. The van der Waals surface area contributed by atoms with Gasteiger partial charge in [0, 0.05) is 13.2 Å². The highest BCUT2D eigenvalue weighted by Crippen LogP contribution is 2.27. The molecule has 0 aliphatic carbocycles. The molecule has 0 saturated carbocycles. The Hall–Kier alpha value is -3.85. The van der Waals surface area contributed by atoms with Gasteiger partial charge in [0.1, 0.15) is 22.7 Å². The van der Waals surface area contributed by atoms with Gasteiger partial charge in [-0.3, -0.25) is 4.79 Å². The molecule has 0 fully saturated rings. The van der Waals surface area contributed by atoms with Gasteiger partial charge in [0.15, 0.2) is 5.65 Å². The van der Waals surface area contributed by atoms with Crippen molar-refractivity contribution in [2.45, 2.75) is 26.4 Å². The Morgan fingerprint density at radius 1 is 1.18 bits per heavy atom. The first kappa shape index (κ1) is 22.3. The van der Waals surface area contributed by atoms with Gasteiger partial charge in [-0.15, -0.1) is 0 Å². The van der Waals surface area contributed by atoms with Crippen molar-refractivity contribution in [1.82, 2.24) is 20.0 Å². The third-order valence-corrected chi connectivity index (χ3v) is 4.95. The zero-order valence-electron chi connectivity index (χ0n) is 18.5. The van der Waals surface area contributed by atoms with E-state index in [0.29, 0.717) is 47.3 Å². The van der Waals surface area contributed by atoms with E-state index in [-0.39, 0.29) is 29.2 Å². The summed E-state index contributed by atoms with van der Waals surface area (Å²) in [4.78, 5) is 22.3. The number of hydrogen-bond acceptors (Lipinski definition) is 6. The van der Waals surface area contributed by atoms with E-state index in [0.717, 1.165) is 0 Å². The van der Waals surface area contributed by atoms with Crippen LogP contribution in [0.3, 0.4) is 0 Å². The van der Waals surface area contributed by atoms with Crippen LogP contribution in [0.25, 0.3) is 22.2 Å². The van der Waals surface area contributed by atoms with Crippen LogP contribution in [0.15, 0.2) is 53.6 Å². The summed E-state index contributed by atoms with van der Waals surface area (Å²) in [5.74, 6) is -0.579. The van der Waals surface area contributed by atoms with Crippen molar-refractivity contribution in [3.8, 4) is 0 Å². The summed E-state index contributed by atoms with van der Waals surface area (Å²) in [6.07, 6.45) is 2.33. The van der Waals surface area contributed by atoms with E-state index in [4.69, 9.17) is 10.5 Å². The van der Waals surface area contributed by atoms with Crippen LogP contribution in [-0.2, 0) is 4.74 Å². The number of fused-ring (bicyclic) bond motifs is 2. The number of nitrogens with one attached hydrogen (secondary N) is 1. The number of para-hydroxylation sites is 2. The minimum Gasteiger partial charge on any atom is -0.383 e. The minimum absolute atomic E-state index is 0.120. The summed E-state index contributed by atoms with van der Waals surface area (Å²) in [6.45, 7) is 4.90. The highest BCUT2D eigenvalue weighted by molar-refractivity contribution is 6.10. The lowest BCUT2D eigenvalue weighted by atomic mass is 10.2. The number of amides is 1. The number of nitrogens with zero attached hydrogens (tertiary/aromatic N) is 4. The number of nitrogens with two attached hydrogens (primary N) is 1. The largest absolute Gasteiger partial charge is 0.383 e. The van der Waals surface area contributed by atoms with Gasteiger partial charge in [0.05, 0.1) is 23.4 Å². The van der Waals surface area contributed by atoms with Crippen molar-refractivity contribution in [2.75, 3.05) is 18.9 Å². The minimum atomic E-state index is -0.359. The second-order valence-corrected chi connectivity index (χ2v) is 7.78. The number of benzene rings is 2. The van der Waals surface area contributed by atoms with Gasteiger partial charge in [0.2, 0.25) is 0 Å². The summed E-state index contributed by atoms with van der Waals surface area (Å²) in [5.41, 5.74) is 9.26. The quantitative estimate of drug-likeness (QED) is 0.315. The molecular weight excluding hydrogens is 423 g/mol. The molecule has 4 rings (SSSR count). The second-order valence-electron chi connectivity index (χ2n) is 7.78. The van der Waals surface area contributed by atoms with Crippen LogP contribution in [0.2, 0.25) is 0 Å². The first-order chi connectivity index (χ1) is 15.9. The van der Waals surface area contributed by atoms with Crippen LogP contribution in [0.1, 0.15) is 36.2 Å². The van der Waals surface area contributed by atoms with Gasteiger partial charge in [-0.2, -0.15) is 9.78 Å². The summed E-state index contributed by atoms with van der Waals surface area (Å²) in [6, 6.07) is 13.2. The molecule has 8 nitrogen and oxygen atoms in total. The Labute approximate surface area is 190 Å². The van der Waals surface area contributed by atoms with Crippen LogP contribution < -0.4 is 11.1 Å². The number of nitrogen functional groups attached to an aromatic ring is 1. The lowest BCUT2D eigenvalue weighted by molar-refractivity contribution is 0.0757. The molecule has 0 aliphatic heterocycles. The monoisotopic (exact) mass is 448 g/mol. The Bertz CT molecular complexity index is 1310. The number of anilines is 1. The molecule has 3 N–H and O–H groups in total. The normalized spacial score (nSPS) is 11.8. The fourth-order valence-corrected chi connectivity index (χ4v) is 3.34. The van der Waals surface area contributed by atoms with Crippen LogP contribution in [0, 0.1) is 5.82 Å². The molecule has 4 aromatic rings. The Morgan fingerprint density at radius 2 is 1.88 bits per heavy atom. The summed E-state index contributed by atoms with van der Waals surface area (Å²) < 4.78 is 20.1. The maximum Gasteiger partial charge on any atom is 0.257 e. The SMILES string of the molecule is CC(C)OCCCNC(=O)c1c(N)n(/N=C\c2ccc(F)cc2)c2nc3ccccc3nc12. The Balaban J connectivity index is 1.71. The molecule has 0 spiro atoms.